The Balaban J connectivity index is 1.89. The van der Waals surface area contributed by atoms with Gasteiger partial charge in [-0.1, -0.05) is 13.3 Å². The molecular formula is C10H19NO. The van der Waals surface area contributed by atoms with Crippen molar-refractivity contribution in [3.05, 3.63) is 0 Å². The number of nitrogens with zero attached hydrogens (tertiary/aromatic N) is 1. The topological polar surface area (TPSA) is 12.5 Å². The lowest BCUT2D eigenvalue weighted by atomic mass is 10.0. The van der Waals surface area contributed by atoms with E-state index in [1.54, 1.807) is 0 Å². The molecule has 2 heteroatoms. The van der Waals surface area contributed by atoms with Crippen molar-refractivity contribution in [2.75, 3.05) is 26.3 Å². The molecule has 2 saturated heterocycles. The average Bonchev–Trinajstić information content (AvgIpc) is 2.53. The smallest absolute Gasteiger partial charge is 0.0625 e. The quantitative estimate of drug-likeness (QED) is 0.590. The second kappa shape index (κ2) is 3.75. The van der Waals surface area contributed by atoms with Gasteiger partial charge < -0.3 is 4.74 Å². The highest BCUT2D eigenvalue weighted by Gasteiger charge is 2.30. The first-order valence-corrected chi connectivity index (χ1v) is 5.20. The van der Waals surface area contributed by atoms with Crippen molar-refractivity contribution in [1.29, 1.82) is 0 Å². The van der Waals surface area contributed by atoms with Crippen molar-refractivity contribution in [2.24, 2.45) is 5.92 Å². The van der Waals surface area contributed by atoms with E-state index < -0.39 is 0 Å². The summed E-state index contributed by atoms with van der Waals surface area (Å²) in [6.45, 7) is 6.87. The third kappa shape index (κ3) is 1.64. The standard InChI is InChI=1S/C10H19NO/c1-9-7-12-8-10(9)11-5-3-2-4-6-11/h9-10H,2-8H2,1H3. The average molecular weight is 169 g/mol. The molecule has 2 rings (SSSR count). The summed E-state index contributed by atoms with van der Waals surface area (Å²) in [7, 11) is 0. The third-order valence-electron chi connectivity index (χ3n) is 3.19. The lowest BCUT2D eigenvalue weighted by molar-refractivity contribution is 0.123. The molecule has 2 unspecified atom stereocenters. The number of rotatable bonds is 1. The molecule has 70 valence electrons. The molecule has 2 fully saturated rings. The van der Waals surface area contributed by atoms with Gasteiger partial charge in [0.15, 0.2) is 0 Å². The minimum atomic E-state index is 0.727. The van der Waals surface area contributed by atoms with Crippen LogP contribution in [0.5, 0.6) is 0 Å². The molecule has 12 heavy (non-hydrogen) atoms. The predicted octanol–water partition coefficient (Wildman–Crippen LogP) is 1.51. The Bertz CT molecular complexity index is 143. The Morgan fingerprint density at radius 2 is 1.83 bits per heavy atom. The number of hydrogen-bond acceptors (Lipinski definition) is 2. The fourth-order valence-corrected chi connectivity index (χ4v) is 2.37. The maximum Gasteiger partial charge on any atom is 0.0625 e. The van der Waals surface area contributed by atoms with Crippen LogP contribution in [0, 0.1) is 5.92 Å². The van der Waals surface area contributed by atoms with E-state index in [0.29, 0.717) is 0 Å². The van der Waals surface area contributed by atoms with Gasteiger partial charge >= 0.3 is 0 Å². The van der Waals surface area contributed by atoms with Gasteiger partial charge in [0.05, 0.1) is 13.2 Å². The number of piperidine rings is 1. The summed E-state index contributed by atoms with van der Waals surface area (Å²) < 4.78 is 5.48. The van der Waals surface area contributed by atoms with Gasteiger partial charge in [0, 0.05) is 6.04 Å². The van der Waals surface area contributed by atoms with Gasteiger partial charge in [0.25, 0.3) is 0 Å². The SMILES string of the molecule is CC1COCC1N1CCCCC1. The first kappa shape index (κ1) is 8.52. The zero-order valence-electron chi connectivity index (χ0n) is 7.96. The highest BCUT2D eigenvalue weighted by molar-refractivity contribution is 4.82. The van der Waals surface area contributed by atoms with Crippen LogP contribution in [0.3, 0.4) is 0 Å². The van der Waals surface area contributed by atoms with Crippen molar-refractivity contribution in [2.45, 2.75) is 32.2 Å². The van der Waals surface area contributed by atoms with Crippen LogP contribution < -0.4 is 0 Å². The molecule has 0 aromatic rings. The lowest BCUT2D eigenvalue weighted by Crippen LogP contribution is -2.42. The predicted molar refractivity (Wildman–Crippen MR) is 49.2 cm³/mol. The Hall–Kier alpha value is -0.0800. The summed E-state index contributed by atoms with van der Waals surface area (Å²) in [6.07, 6.45) is 4.21. The van der Waals surface area contributed by atoms with E-state index in [1.165, 1.54) is 32.4 Å². The molecule has 2 aliphatic rings. The molecule has 0 bridgehead atoms. The molecule has 2 nitrogen and oxygen atoms in total. The third-order valence-corrected chi connectivity index (χ3v) is 3.19. The van der Waals surface area contributed by atoms with Gasteiger partial charge in [0.1, 0.15) is 0 Å². The summed E-state index contributed by atoms with van der Waals surface area (Å²) in [4.78, 5) is 2.63. The zero-order chi connectivity index (χ0) is 8.39. The van der Waals surface area contributed by atoms with Crippen LogP contribution in [-0.2, 0) is 4.74 Å². The first-order chi connectivity index (χ1) is 5.88. The molecule has 0 aromatic heterocycles. The second-order valence-corrected chi connectivity index (χ2v) is 4.18. The Kier molecular flexibility index (Phi) is 2.66. The van der Waals surface area contributed by atoms with Crippen LogP contribution in [0.15, 0.2) is 0 Å². The van der Waals surface area contributed by atoms with Crippen LogP contribution in [0.1, 0.15) is 26.2 Å². The van der Waals surface area contributed by atoms with E-state index in [2.05, 4.69) is 11.8 Å². The minimum Gasteiger partial charge on any atom is -0.379 e. The van der Waals surface area contributed by atoms with E-state index in [-0.39, 0.29) is 0 Å². The number of likely N-dealkylation sites (tertiary alicyclic amines) is 1. The summed E-state index contributed by atoms with van der Waals surface area (Å²) in [6, 6.07) is 0.727. The molecule has 2 aliphatic heterocycles. The number of hydrogen-bond donors (Lipinski definition) is 0. The van der Waals surface area contributed by atoms with Crippen molar-refractivity contribution in [1.82, 2.24) is 4.90 Å². The van der Waals surface area contributed by atoms with Crippen molar-refractivity contribution in [3.63, 3.8) is 0 Å². The molecule has 2 atom stereocenters. The molecule has 0 aliphatic carbocycles. The van der Waals surface area contributed by atoms with E-state index in [4.69, 9.17) is 4.74 Å². The van der Waals surface area contributed by atoms with Crippen LogP contribution >= 0.6 is 0 Å². The van der Waals surface area contributed by atoms with Crippen LogP contribution in [0.4, 0.5) is 0 Å². The highest BCUT2D eigenvalue weighted by atomic mass is 16.5. The van der Waals surface area contributed by atoms with Crippen molar-refractivity contribution < 1.29 is 4.74 Å². The monoisotopic (exact) mass is 169 g/mol. The summed E-state index contributed by atoms with van der Waals surface area (Å²) in [5.41, 5.74) is 0. The Morgan fingerprint density at radius 1 is 1.08 bits per heavy atom. The second-order valence-electron chi connectivity index (χ2n) is 4.18. The van der Waals surface area contributed by atoms with E-state index >= 15 is 0 Å². The summed E-state index contributed by atoms with van der Waals surface area (Å²) >= 11 is 0. The van der Waals surface area contributed by atoms with Crippen LogP contribution in [0.25, 0.3) is 0 Å². The lowest BCUT2D eigenvalue weighted by Gasteiger charge is -2.33. The largest absolute Gasteiger partial charge is 0.379 e. The molecule has 0 spiro atoms. The highest BCUT2D eigenvalue weighted by Crippen LogP contribution is 2.22. The minimum absolute atomic E-state index is 0.727. The first-order valence-electron chi connectivity index (χ1n) is 5.20. The molecule has 0 amide bonds. The molecule has 0 N–H and O–H groups in total. The van der Waals surface area contributed by atoms with Crippen molar-refractivity contribution in [3.8, 4) is 0 Å². The van der Waals surface area contributed by atoms with Crippen molar-refractivity contribution >= 4 is 0 Å². The maximum atomic E-state index is 5.48. The fraction of sp³-hybridized carbons (Fsp3) is 1.00. The van der Waals surface area contributed by atoms with Gasteiger partial charge in [0.2, 0.25) is 0 Å². The van der Waals surface area contributed by atoms with Gasteiger partial charge in [-0.2, -0.15) is 0 Å². The van der Waals surface area contributed by atoms with E-state index in [1.807, 2.05) is 0 Å². The fourth-order valence-electron chi connectivity index (χ4n) is 2.37. The molecule has 0 saturated carbocycles. The van der Waals surface area contributed by atoms with Gasteiger partial charge in [-0.15, -0.1) is 0 Å². The van der Waals surface area contributed by atoms with Crippen LogP contribution in [0.2, 0.25) is 0 Å². The molecule has 2 heterocycles. The van der Waals surface area contributed by atoms with Gasteiger partial charge in [-0.05, 0) is 31.8 Å². The molecular weight excluding hydrogens is 150 g/mol. The Morgan fingerprint density at radius 3 is 2.42 bits per heavy atom. The van der Waals surface area contributed by atoms with Gasteiger partial charge in [-0.25, -0.2) is 0 Å². The summed E-state index contributed by atoms with van der Waals surface area (Å²) in [5, 5.41) is 0. The van der Waals surface area contributed by atoms with E-state index in [9.17, 15) is 0 Å². The van der Waals surface area contributed by atoms with Crippen LogP contribution in [-0.4, -0.2) is 37.2 Å². The van der Waals surface area contributed by atoms with E-state index in [0.717, 1.165) is 25.2 Å². The normalized spacial score (nSPS) is 38.8. The molecule has 0 aromatic carbocycles. The zero-order valence-corrected chi connectivity index (χ0v) is 7.96. The maximum absolute atomic E-state index is 5.48. The Labute approximate surface area is 74.9 Å². The summed E-state index contributed by atoms with van der Waals surface area (Å²) in [5.74, 6) is 0.753. The molecule has 0 radical (unpaired) electrons. The van der Waals surface area contributed by atoms with Gasteiger partial charge in [-0.3, -0.25) is 4.90 Å². The number of ether oxygens (including phenoxy) is 1.